The number of rotatable bonds is 1. The van der Waals surface area contributed by atoms with Crippen molar-refractivity contribution in [3.05, 3.63) is 18.2 Å². The standard InChI is InChI=1S/C9H11N3O3/c13-8(7-10-3-4-11-7)15-9(14)12-5-1-2-6-12/h3-4H,1-2,5-6H2,(H,10,11). The van der Waals surface area contributed by atoms with Crippen LogP contribution in [0, 0.1) is 0 Å². The largest absolute Gasteiger partial charge is 0.417 e. The third-order valence-corrected chi connectivity index (χ3v) is 2.24. The van der Waals surface area contributed by atoms with Crippen LogP contribution in [0.1, 0.15) is 23.5 Å². The van der Waals surface area contributed by atoms with Crippen molar-refractivity contribution in [3.63, 3.8) is 0 Å². The van der Waals surface area contributed by atoms with E-state index in [4.69, 9.17) is 0 Å². The average Bonchev–Trinajstić information content (AvgIpc) is 2.91. The molecule has 1 aromatic rings. The summed E-state index contributed by atoms with van der Waals surface area (Å²) in [7, 11) is 0. The predicted octanol–water partition coefficient (Wildman–Crippen LogP) is 0.782. The van der Waals surface area contributed by atoms with Gasteiger partial charge in [-0.1, -0.05) is 0 Å². The highest BCUT2D eigenvalue weighted by Gasteiger charge is 2.23. The average molecular weight is 209 g/mol. The SMILES string of the molecule is O=C(OC(=O)N1CCCC1)c1ncc[nH]1. The molecule has 0 atom stereocenters. The van der Waals surface area contributed by atoms with Gasteiger partial charge in [0.15, 0.2) is 0 Å². The lowest BCUT2D eigenvalue weighted by molar-refractivity contribution is 0.0547. The van der Waals surface area contributed by atoms with Crippen LogP contribution >= 0.6 is 0 Å². The van der Waals surface area contributed by atoms with Crippen LogP contribution in [-0.4, -0.2) is 40.0 Å². The number of imidazole rings is 1. The number of nitrogens with one attached hydrogen (secondary N) is 1. The van der Waals surface area contributed by atoms with Gasteiger partial charge in [0.05, 0.1) is 0 Å². The first-order valence-corrected chi connectivity index (χ1v) is 4.78. The monoisotopic (exact) mass is 209 g/mol. The molecular weight excluding hydrogens is 198 g/mol. The molecular formula is C9H11N3O3. The zero-order chi connectivity index (χ0) is 10.7. The zero-order valence-corrected chi connectivity index (χ0v) is 8.10. The van der Waals surface area contributed by atoms with Crippen molar-refractivity contribution < 1.29 is 14.3 Å². The van der Waals surface area contributed by atoms with E-state index in [1.807, 2.05) is 0 Å². The van der Waals surface area contributed by atoms with Gasteiger partial charge in [-0.2, -0.15) is 0 Å². The van der Waals surface area contributed by atoms with Crippen LogP contribution in [0.3, 0.4) is 0 Å². The molecule has 0 aliphatic carbocycles. The van der Waals surface area contributed by atoms with E-state index < -0.39 is 12.1 Å². The van der Waals surface area contributed by atoms with E-state index in [1.54, 1.807) is 0 Å². The maximum Gasteiger partial charge on any atom is 0.417 e. The summed E-state index contributed by atoms with van der Waals surface area (Å²) in [6, 6.07) is 0. The molecule has 1 N–H and O–H groups in total. The number of hydrogen-bond donors (Lipinski definition) is 1. The van der Waals surface area contributed by atoms with Gasteiger partial charge < -0.3 is 14.6 Å². The molecule has 6 nitrogen and oxygen atoms in total. The number of amides is 1. The molecule has 0 aromatic carbocycles. The first-order valence-electron chi connectivity index (χ1n) is 4.78. The first kappa shape index (κ1) is 9.70. The lowest BCUT2D eigenvalue weighted by Crippen LogP contribution is -2.30. The lowest BCUT2D eigenvalue weighted by atomic mass is 10.4. The van der Waals surface area contributed by atoms with Crippen LogP contribution in [-0.2, 0) is 4.74 Å². The Morgan fingerprint density at radius 1 is 1.40 bits per heavy atom. The fourth-order valence-electron chi connectivity index (χ4n) is 1.47. The zero-order valence-electron chi connectivity index (χ0n) is 8.10. The summed E-state index contributed by atoms with van der Waals surface area (Å²) in [6.07, 6.45) is 4.26. The second-order valence-corrected chi connectivity index (χ2v) is 3.29. The van der Waals surface area contributed by atoms with Crippen LogP contribution in [0.5, 0.6) is 0 Å². The lowest BCUT2D eigenvalue weighted by Gasteiger charge is -2.12. The molecule has 0 bridgehead atoms. The van der Waals surface area contributed by atoms with Crippen molar-refractivity contribution in [2.75, 3.05) is 13.1 Å². The Hall–Kier alpha value is -1.85. The second kappa shape index (κ2) is 4.12. The summed E-state index contributed by atoms with van der Waals surface area (Å²) >= 11 is 0. The fraction of sp³-hybridized carbons (Fsp3) is 0.444. The minimum Gasteiger partial charge on any atom is -0.370 e. The number of ether oxygens (including phenoxy) is 1. The molecule has 0 unspecified atom stereocenters. The van der Waals surface area contributed by atoms with Crippen LogP contribution in [0.15, 0.2) is 12.4 Å². The second-order valence-electron chi connectivity index (χ2n) is 3.29. The summed E-state index contributed by atoms with van der Waals surface area (Å²) in [4.78, 5) is 30.5. The van der Waals surface area contributed by atoms with E-state index in [2.05, 4.69) is 14.7 Å². The van der Waals surface area contributed by atoms with Gasteiger partial charge in [-0.15, -0.1) is 0 Å². The molecule has 1 saturated heterocycles. The summed E-state index contributed by atoms with van der Waals surface area (Å²) in [5.74, 6) is -0.695. The van der Waals surface area contributed by atoms with E-state index >= 15 is 0 Å². The molecule has 1 fully saturated rings. The molecule has 15 heavy (non-hydrogen) atoms. The van der Waals surface area contributed by atoms with E-state index in [0.29, 0.717) is 13.1 Å². The molecule has 2 rings (SSSR count). The Balaban J connectivity index is 1.91. The molecule has 0 saturated carbocycles. The normalized spacial score (nSPS) is 15.3. The van der Waals surface area contributed by atoms with Gasteiger partial charge in [0.1, 0.15) is 0 Å². The number of nitrogens with zero attached hydrogens (tertiary/aromatic N) is 2. The van der Waals surface area contributed by atoms with Crippen molar-refractivity contribution in [2.45, 2.75) is 12.8 Å². The highest BCUT2D eigenvalue weighted by Crippen LogP contribution is 2.09. The molecule has 80 valence electrons. The molecule has 2 heterocycles. The number of aromatic amines is 1. The number of aromatic nitrogens is 2. The Labute approximate surface area is 86.2 Å². The van der Waals surface area contributed by atoms with Crippen molar-refractivity contribution >= 4 is 12.1 Å². The number of likely N-dealkylation sites (tertiary alicyclic amines) is 1. The van der Waals surface area contributed by atoms with Gasteiger partial charge in [-0.3, -0.25) is 0 Å². The number of H-pyrrole nitrogens is 1. The summed E-state index contributed by atoms with van der Waals surface area (Å²) in [6.45, 7) is 1.31. The van der Waals surface area contributed by atoms with Gasteiger partial charge in [0.25, 0.3) is 0 Å². The summed E-state index contributed by atoms with van der Waals surface area (Å²) < 4.78 is 4.63. The van der Waals surface area contributed by atoms with Crippen molar-refractivity contribution in [1.29, 1.82) is 0 Å². The number of hydrogen-bond acceptors (Lipinski definition) is 4. The highest BCUT2D eigenvalue weighted by atomic mass is 16.6. The maximum atomic E-state index is 11.4. The summed E-state index contributed by atoms with van der Waals surface area (Å²) in [5.41, 5.74) is 0. The quantitative estimate of drug-likeness (QED) is 0.548. The number of carbonyl (C=O) groups is 2. The van der Waals surface area contributed by atoms with Crippen LogP contribution in [0.25, 0.3) is 0 Å². The van der Waals surface area contributed by atoms with Gasteiger partial charge >= 0.3 is 12.1 Å². The van der Waals surface area contributed by atoms with Gasteiger partial charge in [-0.25, -0.2) is 14.6 Å². The molecule has 1 aliphatic rings. The first-order chi connectivity index (χ1) is 7.27. The summed E-state index contributed by atoms with van der Waals surface area (Å²) in [5, 5.41) is 0. The molecule has 0 spiro atoms. The van der Waals surface area contributed by atoms with E-state index in [0.717, 1.165) is 12.8 Å². The maximum absolute atomic E-state index is 11.4. The van der Waals surface area contributed by atoms with Crippen LogP contribution in [0.2, 0.25) is 0 Å². The van der Waals surface area contributed by atoms with Crippen molar-refractivity contribution in [3.8, 4) is 0 Å². The minimum atomic E-state index is -0.739. The van der Waals surface area contributed by atoms with Crippen molar-refractivity contribution in [2.24, 2.45) is 0 Å². The van der Waals surface area contributed by atoms with Gasteiger partial charge in [-0.05, 0) is 12.8 Å². The molecule has 1 amide bonds. The van der Waals surface area contributed by atoms with E-state index in [9.17, 15) is 9.59 Å². The third kappa shape index (κ3) is 2.15. The highest BCUT2D eigenvalue weighted by molar-refractivity contribution is 5.93. The van der Waals surface area contributed by atoms with Crippen LogP contribution < -0.4 is 0 Å². The smallest absolute Gasteiger partial charge is 0.370 e. The molecule has 1 aromatic heterocycles. The fourth-order valence-corrected chi connectivity index (χ4v) is 1.47. The Bertz CT molecular complexity index is 355. The van der Waals surface area contributed by atoms with Gasteiger partial charge in [0.2, 0.25) is 5.82 Å². The molecule has 0 radical (unpaired) electrons. The number of carbonyl (C=O) groups excluding carboxylic acids is 2. The number of esters is 1. The van der Waals surface area contributed by atoms with E-state index in [1.165, 1.54) is 17.3 Å². The topological polar surface area (TPSA) is 75.3 Å². The molecule has 6 heteroatoms. The van der Waals surface area contributed by atoms with Crippen molar-refractivity contribution in [1.82, 2.24) is 14.9 Å². The molecule has 1 aliphatic heterocycles. The third-order valence-electron chi connectivity index (χ3n) is 2.24. The Morgan fingerprint density at radius 3 is 2.73 bits per heavy atom. The Kier molecular flexibility index (Phi) is 2.66. The van der Waals surface area contributed by atoms with Crippen LogP contribution in [0.4, 0.5) is 4.79 Å². The van der Waals surface area contributed by atoms with Gasteiger partial charge in [0, 0.05) is 25.5 Å². The predicted molar refractivity (Wildman–Crippen MR) is 50.2 cm³/mol. The minimum absolute atomic E-state index is 0.0440. The Morgan fingerprint density at radius 2 is 2.13 bits per heavy atom. The van der Waals surface area contributed by atoms with E-state index in [-0.39, 0.29) is 5.82 Å².